The van der Waals surface area contributed by atoms with Gasteiger partial charge in [-0.1, -0.05) is 0 Å². The Labute approximate surface area is 113 Å². The smallest absolute Gasteiger partial charge is 0.277 e. The largest absolute Gasteiger partial charge is 0.508 e. The van der Waals surface area contributed by atoms with Gasteiger partial charge in [-0.05, 0) is 31.2 Å². The molecule has 5 heteroatoms. The van der Waals surface area contributed by atoms with Crippen molar-refractivity contribution >= 4 is 11.6 Å². The number of hydrogen-bond donors (Lipinski definition) is 3. The standard InChI is InChI=1S/C14H21N3O2/c1-11(14(19)15-2)16-7-9-17(10-8-16)12-3-5-13(18)6-4-12/h3-6,11,18H,7-10H2,1-2H3,(H,15,19)/p+1/t11-/m0/s1. The highest BCUT2D eigenvalue weighted by molar-refractivity contribution is 5.79. The van der Waals surface area contributed by atoms with Gasteiger partial charge in [0.1, 0.15) is 5.75 Å². The van der Waals surface area contributed by atoms with Crippen LogP contribution >= 0.6 is 0 Å². The summed E-state index contributed by atoms with van der Waals surface area (Å²) in [6.45, 7) is 5.75. The van der Waals surface area contributed by atoms with E-state index in [0.717, 1.165) is 31.9 Å². The summed E-state index contributed by atoms with van der Waals surface area (Å²) in [7, 11) is 1.69. The Kier molecular flexibility index (Phi) is 4.27. The maximum absolute atomic E-state index is 11.6. The third-order valence-electron chi connectivity index (χ3n) is 3.87. The number of nitrogens with one attached hydrogen (secondary N) is 2. The molecule has 1 heterocycles. The highest BCUT2D eigenvalue weighted by Gasteiger charge is 2.28. The summed E-state index contributed by atoms with van der Waals surface area (Å²) in [5, 5.41) is 12.0. The summed E-state index contributed by atoms with van der Waals surface area (Å²) in [6, 6.07) is 7.29. The van der Waals surface area contributed by atoms with Crippen LogP contribution in [0.4, 0.5) is 5.69 Å². The van der Waals surface area contributed by atoms with Gasteiger partial charge in [0.15, 0.2) is 6.04 Å². The molecule has 1 fully saturated rings. The molecular formula is C14H22N3O2+. The Morgan fingerprint density at radius 1 is 1.32 bits per heavy atom. The second kappa shape index (κ2) is 5.93. The van der Waals surface area contributed by atoms with E-state index in [1.54, 1.807) is 19.2 Å². The highest BCUT2D eigenvalue weighted by atomic mass is 16.3. The molecule has 1 saturated heterocycles. The van der Waals surface area contributed by atoms with Gasteiger partial charge in [0.05, 0.1) is 26.2 Å². The molecule has 1 aliphatic heterocycles. The number of quaternary nitrogens is 1. The fourth-order valence-electron chi connectivity index (χ4n) is 2.55. The van der Waals surface area contributed by atoms with E-state index < -0.39 is 0 Å². The number of phenols is 1. The summed E-state index contributed by atoms with van der Waals surface area (Å²) in [6.07, 6.45) is 0. The normalized spacial score (nSPS) is 18.1. The number of anilines is 1. The van der Waals surface area contributed by atoms with Crippen molar-refractivity contribution in [3.63, 3.8) is 0 Å². The average Bonchev–Trinajstić information content (AvgIpc) is 2.46. The molecule has 1 aromatic rings. The van der Waals surface area contributed by atoms with Gasteiger partial charge in [-0.15, -0.1) is 0 Å². The summed E-state index contributed by atoms with van der Waals surface area (Å²) < 4.78 is 0. The van der Waals surface area contributed by atoms with Crippen LogP contribution in [0.15, 0.2) is 24.3 Å². The monoisotopic (exact) mass is 264 g/mol. The van der Waals surface area contributed by atoms with Crippen molar-refractivity contribution in [1.82, 2.24) is 5.32 Å². The lowest BCUT2D eigenvalue weighted by molar-refractivity contribution is -0.914. The Morgan fingerprint density at radius 2 is 1.89 bits per heavy atom. The number of carbonyl (C=O) groups is 1. The van der Waals surface area contributed by atoms with Gasteiger partial charge < -0.3 is 20.2 Å². The summed E-state index contributed by atoms with van der Waals surface area (Å²) in [5.74, 6) is 0.398. The molecular weight excluding hydrogens is 242 g/mol. The van der Waals surface area contributed by atoms with Crippen LogP contribution in [0.1, 0.15) is 6.92 Å². The van der Waals surface area contributed by atoms with Crippen LogP contribution in [0.25, 0.3) is 0 Å². The van der Waals surface area contributed by atoms with Crippen LogP contribution in [0, 0.1) is 0 Å². The fraction of sp³-hybridized carbons (Fsp3) is 0.500. The van der Waals surface area contributed by atoms with Crippen LogP contribution in [-0.2, 0) is 4.79 Å². The molecule has 0 saturated carbocycles. The average molecular weight is 264 g/mol. The molecule has 0 aliphatic carbocycles. The minimum atomic E-state index is 0.00645. The molecule has 0 bridgehead atoms. The highest BCUT2D eigenvalue weighted by Crippen LogP contribution is 2.18. The van der Waals surface area contributed by atoms with E-state index in [0.29, 0.717) is 5.75 Å². The molecule has 3 N–H and O–H groups in total. The molecule has 1 aromatic carbocycles. The zero-order chi connectivity index (χ0) is 13.8. The SMILES string of the molecule is CNC(=O)[C@H](C)[NH+]1CCN(c2ccc(O)cc2)CC1. The number of amides is 1. The summed E-state index contributed by atoms with van der Waals surface area (Å²) in [4.78, 5) is 15.2. The molecule has 19 heavy (non-hydrogen) atoms. The van der Waals surface area contributed by atoms with Crippen LogP contribution in [0.5, 0.6) is 5.75 Å². The first kappa shape index (κ1) is 13.7. The summed E-state index contributed by atoms with van der Waals surface area (Å²) in [5.41, 5.74) is 1.13. The first-order valence-electron chi connectivity index (χ1n) is 6.72. The maximum Gasteiger partial charge on any atom is 0.277 e. The molecule has 1 atom stereocenters. The van der Waals surface area contributed by atoms with Crippen LogP contribution < -0.4 is 15.1 Å². The number of rotatable bonds is 3. The third kappa shape index (κ3) is 3.17. The number of likely N-dealkylation sites (N-methyl/N-ethyl adjacent to an activating group) is 1. The predicted molar refractivity (Wildman–Crippen MR) is 74.5 cm³/mol. The molecule has 104 valence electrons. The molecule has 2 rings (SSSR count). The van der Waals surface area contributed by atoms with Crippen molar-refractivity contribution in [2.24, 2.45) is 0 Å². The Morgan fingerprint density at radius 3 is 2.42 bits per heavy atom. The van der Waals surface area contributed by atoms with Gasteiger partial charge in [-0.25, -0.2) is 0 Å². The van der Waals surface area contributed by atoms with E-state index in [2.05, 4.69) is 10.2 Å². The first-order chi connectivity index (χ1) is 9.11. The lowest BCUT2D eigenvalue weighted by Gasteiger charge is -2.35. The van der Waals surface area contributed by atoms with Gasteiger partial charge in [-0.2, -0.15) is 0 Å². The fourth-order valence-corrected chi connectivity index (χ4v) is 2.55. The van der Waals surface area contributed by atoms with E-state index in [1.807, 2.05) is 19.1 Å². The minimum Gasteiger partial charge on any atom is -0.508 e. The first-order valence-corrected chi connectivity index (χ1v) is 6.72. The number of piperazine rings is 1. The maximum atomic E-state index is 11.6. The van der Waals surface area contributed by atoms with E-state index in [-0.39, 0.29) is 11.9 Å². The zero-order valence-electron chi connectivity index (χ0n) is 11.5. The molecule has 0 radical (unpaired) electrons. The summed E-state index contributed by atoms with van der Waals surface area (Å²) >= 11 is 0. The number of phenolic OH excluding ortho intramolecular Hbond substituents is 1. The Balaban J connectivity index is 1.92. The van der Waals surface area contributed by atoms with Crippen LogP contribution in [0.2, 0.25) is 0 Å². The second-order valence-electron chi connectivity index (χ2n) is 5.00. The number of benzene rings is 1. The topological polar surface area (TPSA) is 57.0 Å². The van der Waals surface area contributed by atoms with Crippen molar-refractivity contribution in [3.05, 3.63) is 24.3 Å². The van der Waals surface area contributed by atoms with Crippen molar-refractivity contribution < 1.29 is 14.8 Å². The van der Waals surface area contributed by atoms with Crippen LogP contribution in [0.3, 0.4) is 0 Å². The number of aromatic hydroxyl groups is 1. The number of nitrogens with zero attached hydrogens (tertiary/aromatic N) is 1. The van der Waals surface area contributed by atoms with Crippen molar-refractivity contribution in [2.75, 3.05) is 38.1 Å². The van der Waals surface area contributed by atoms with E-state index in [9.17, 15) is 9.90 Å². The van der Waals surface area contributed by atoms with Crippen molar-refractivity contribution in [1.29, 1.82) is 0 Å². The molecule has 5 nitrogen and oxygen atoms in total. The van der Waals surface area contributed by atoms with Crippen LogP contribution in [-0.4, -0.2) is 50.3 Å². The lowest BCUT2D eigenvalue weighted by atomic mass is 10.2. The Bertz CT molecular complexity index is 425. The van der Waals surface area contributed by atoms with Gasteiger partial charge in [0.25, 0.3) is 5.91 Å². The van der Waals surface area contributed by atoms with Gasteiger partial charge in [-0.3, -0.25) is 4.79 Å². The van der Waals surface area contributed by atoms with Gasteiger partial charge in [0, 0.05) is 12.7 Å². The van der Waals surface area contributed by atoms with E-state index in [1.165, 1.54) is 4.90 Å². The third-order valence-corrected chi connectivity index (χ3v) is 3.87. The molecule has 1 aliphatic rings. The Hall–Kier alpha value is -1.75. The quantitative estimate of drug-likeness (QED) is 0.672. The lowest BCUT2D eigenvalue weighted by Crippen LogP contribution is -3.19. The second-order valence-corrected chi connectivity index (χ2v) is 5.00. The van der Waals surface area contributed by atoms with E-state index >= 15 is 0 Å². The number of hydrogen-bond acceptors (Lipinski definition) is 3. The molecule has 0 aromatic heterocycles. The molecule has 0 spiro atoms. The van der Waals surface area contributed by atoms with E-state index in [4.69, 9.17) is 0 Å². The van der Waals surface area contributed by atoms with Gasteiger partial charge >= 0.3 is 0 Å². The number of carbonyl (C=O) groups excluding carboxylic acids is 1. The van der Waals surface area contributed by atoms with Gasteiger partial charge in [0.2, 0.25) is 0 Å². The van der Waals surface area contributed by atoms with Crippen molar-refractivity contribution in [2.45, 2.75) is 13.0 Å². The zero-order valence-corrected chi connectivity index (χ0v) is 11.5. The minimum absolute atomic E-state index is 0.00645. The van der Waals surface area contributed by atoms with Crippen molar-refractivity contribution in [3.8, 4) is 5.75 Å². The molecule has 1 amide bonds. The molecule has 0 unspecified atom stereocenters. The predicted octanol–water partition coefficient (Wildman–Crippen LogP) is -0.768.